The SMILES string of the molecule is NC(=O)C1=C(O)C[C@@H]2C[C@@H]3Cc4c(-c5ccc(Cl)s5)ccc(O)c4C(=O)C3=C(O)[C@]2(O)C1=O. The zero-order valence-corrected chi connectivity index (χ0v) is 18.5. The molecule has 1 heterocycles. The van der Waals surface area contributed by atoms with Crippen LogP contribution in [0.3, 0.4) is 0 Å². The first kappa shape index (κ1) is 21.7. The minimum atomic E-state index is -2.57. The number of aliphatic hydroxyl groups excluding tert-OH is 2. The van der Waals surface area contributed by atoms with Crippen molar-refractivity contribution in [1.29, 1.82) is 0 Å². The highest BCUT2D eigenvalue weighted by Crippen LogP contribution is 2.52. The van der Waals surface area contributed by atoms with Gasteiger partial charge in [0.1, 0.15) is 22.8 Å². The van der Waals surface area contributed by atoms with Crippen molar-refractivity contribution in [3.8, 4) is 16.2 Å². The quantitative estimate of drug-likeness (QED) is 0.407. The summed E-state index contributed by atoms with van der Waals surface area (Å²) in [6.07, 6.45) is 0.0691. The number of hydrogen-bond donors (Lipinski definition) is 5. The molecule has 3 atom stereocenters. The second-order valence-corrected chi connectivity index (χ2v) is 10.2. The van der Waals surface area contributed by atoms with Gasteiger partial charge in [0, 0.05) is 22.8 Å². The largest absolute Gasteiger partial charge is 0.511 e. The number of carbonyl (C=O) groups is 3. The molecule has 3 aliphatic rings. The first-order chi connectivity index (χ1) is 15.6. The third kappa shape index (κ3) is 2.89. The highest BCUT2D eigenvalue weighted by molar-refractivity contribution is 7.19. The molecule has 5 rings (SSSR count). The number of allylic oxidation sites excluding steroid dienone is 2. The van der Waals surface area contributed by atoms with Crippen LogP contribution >= 0.6 is 22.9 Å². The molecule has 170 valence electrons. The molecule has 3 aliphatic carbocycles. The monoisotopic (exact) mass is 487 g/mol. The van der Waals surface area contributed by atoms with Gasteiger partial charge in [0.25, 0.3) is 5.91 Å². The van der Waals surface area contributed by atoms with Crippen molar-refractivity contribution < 1.29 is 34.8 Å². The molecule has 10 heteroatoms. The number of phenolic OH excluding ortho intramolecular Hbond substituents is 1. The van der Waals surface area contributed by atoms with Gasteiger partial charge in [0.15, 0.2) is 11.4 Å². The molecule has 0 aliphatic heterocycles. The van der Waals surface area contributed by atoms with E-state index in [1.54, 1.807) is 18.2 Å². The number of fused-ring (bicyclic) bond motifs is 3. The zero-order valence-electron chi connectivity index (χ0n) is 17.0. The number of rotatable bonds is 2. The summed E-state index contributed by atoms with van der Waals surface area (Å²) in [6, 6.07) is 6.59. The average molecular weight is 488 g/mol. The number of amides is 1. The van der Waals surface area contributed by atoms with Crippen molar-refractivity contribution in [2.75, 3.05) is 0 Å². The Labute approximate surface area is 196 Å². The molecule has 33 heavy (non-hydrogen) atoms. The Hall–Kier alpha value is -3.14. The van der Waals surface area contributed by atoms with E-state index in [2.05, 4.69) is 0 Å². The molecule has 0 saturated carbocycles. The molecular weight excluding hydrogens is 470 g/mol. The molecule has 6 N–H and O–H groups in total. The predicted octanol–water partition coefficient (Wildman–Crippen LogP) is 2.96. The molecule has 8 nitrogen and oxygen atoms in total. The van der Waals surface area contributed by atoms with Gasteiger partial charge in [0.05, 0.1) is 9.90 Å². The standard InChI is InChI=1S/C23H18ClNO7S/c24-15-4-3-14(33-15)10-1-2-12(26)17-11(10)6-8-5-9-7-13(27)18(22(25)31)21(30)23(9,32)20(29)16(8)19(17)28/h1-4,8-9,26-27,29,32H,5-7H2,(H2,25,31)/t8-,9+,23+/m1/s1. The van der Waals surface area contributed by atoms with Gasteiger partial charge in [-0.1, -0.05) is 11.6 Å². The number of halogens is 1. The Balaban J connectivity index is 1.69. The summed E-state index contributed by atoms with van der Waals surface area (Å²) in [7, 11) is 0. The van der Waals surface area contributed by atoms with Crippen LogP contribution in [0.25, 0.3) is 10.4 Å². The number of thiophene rings is 1. The van der Waals surface area contributed by atoms with Crippen LogP contribution in [0.15, 0.2) is 46.9 Å². The van der Waals surface area contributed by atoms with Crippen LogP contribution in [0.2, 0.25) is 4.34 Å². The summed E-state index contributed by atoms with van der Waals surface area (Å²) < 4.78 is 0.558. The summed E-state index contributed by atoms with van der Waals surface area (Å²) >= 11 is 7.39. The fourth-order valence-corrected chi connectivity index (χ4v) is 6.40. The van der Waals surface area contributed by atoms with Gasteiger partial charge in [-0.3, -0.25) is 14.4 Å². The highest BCUT2D eigenvalue weighted by atomic mass is 35.5. The third-order valence-corrected chi connectivity index (χ3v) is 8.05. The van der Waals surface area contributed by atoms with Crippen molar-refractivity contribution in [1.82, 2.24) is 0 Å². The molecule has 0 unspecified atom stereocenters. The molecule has 0 radical (unpaired) electrons. The van der Waals surface area contributed by atoms with Gasteiger partial charge in [-0.05, 0) is 54.2 Å². The van der Waals surface area contributed by atoms with E-state index in [9.17, 15) is 34.8 Å². The van der Waals surface area contributed by atoms with E-state index in [0.29, 0.717) is 15.5 Å². The molecule has 2 aromatic rings. The van der Waals surface area contributed by atoms with Crippen LogP contribution in [0.4, 0.5) is 0 Å². The van der Waals surface area contributed by atoms with Crippen LogP contribution in [-0.2, 0) is 16.0 Å². The molecular formula is C23H18ClNO7S. The maximum atomic E-state index is 13.5. The van der Waals surface area contributed by atoms with Crippen molar-refractivity contribution in [2.24, 2.45) is 17.6 Å². The lowest BCUT2D eigenvalue weighted by molar-refractivity contribution is -0.144. The van der Waals surface area contributed by atoms with E-state index in [-0.39, 0.29) is 36.1 Å². The topological polar surface area (TPSA) is 158 Å². The van der Waals surface area contributed by atoms with E-state index < -0.39 is 52.0 Å². The number of Topliss-reactive ketones (excluding diaryl/α,β-unsaturated/α-hetero) is 2. The number of hydrogen-bond acceptors (Lipinski definition) is 8. The third-order valence-electron chi connectivity index (χ3n) is 6.78. The Kier molecular flexibility index (Phi) is 4.72. The smallest absolute Gasteiger partial charge is 0.255 e. The molecule has 0 spiro atoms. The lowest BCUT2D eigenvalue weighted by atomic mass is 9.60. The second kappa shape index (κ2) is 7.18. The minimum Gasteiger partial charge on any atom is -0.511 e. The number of nitrogens with two attached hydrogens (primary N) is 1. The van der Waals surface area contributed by atoms with Gasteiger partial charge in [-0.2, -0.15) is 0 Å². The molecule has 1 amide bonds. The van der Waals surface area contributed by atoms with Gasteiger partial charge >= 0.3 is 0 Å². The summed E-state index contributed by atoms with van der Waals surface area (Å²) in [5, 5.41) is 43.0. The number of primary amides is 1. The Bertz CT molecular complexity index is 1340. The number of benzene rings is 1. The number of phenols is 1. The minimum absolute atomic E-state index is 0.0198. The normalized spacial score (nSPS) is 26.7. The number of carbonyl (C=O) groups excluding carboxylic acids is 3. The Morgan fingerprint density at radius 3 is 2.48 bits per heavy atom. The molecule has 0 saturated heterocycles. The van der Waals surface area contributed by atoms with Crippen molar-refractivity contribution in [3.63, 3.8) is 0 Å². The zero-order chi connectivity index (χ0) is 23.8. The molecule has 1 aromatic carbocycles. The maximum absolute atomic E-state index is 13.5. The summed E-state index contributed by atoms with van der Waals surface area (Å²) in [6.45, 7) is 0. The van der Waals surface area contributed by atoms with E-state index in [1.807, 2.05) is 0 Å². The van der Waals surface area contributed by atoms with E-state index in [0.717, 1.165) is 4.88 Å². The van der Waals surface area contributed by atoms with E-state index >= 15 is 0 Å². The molecule has 1 aromatic heterocycles. The average Bonchev–Trinajstić information content (AvgIpc) is 3.16. The first-order valence-corrected chi connectivity index (χ1v) is 11.3. The summed E-state index contributed by atoms with van der Waals surface area (Å²) in [4.78, 5) is 38.9. The van der Waals surface area contributed by atoms with E-state index in [4.69, 9.17) is 17.3 Å². The van der Waals surface area contributed by atoms with Gasteiger partial charge in [-0.25, -0.2) is 0 Å². The van der Waals surface area contributed by atoms with Crippen LogP contribution in [0.1, 0.15) is 28.8 Å². The fourth-order valence-electron chi connectivity index (χ4n) is 5.31. The predicted molar refractivity (Wildman–Crippen MR) is 119 cm³/mol. The number of aliphatic hydroxyl groups is 3. The lowest BCUT2D eigenvalue weighted by Gasteiger charge is -2.45. The van der Waals surface area contributed by atoms with Gasteiger partial charge in [-0.15, -0.1) is 11.3 Å². The summed E-state index contributed by atoms with van der Waals surface area (Å²) in [5.74, 6) is -6.43. The van der Waals surface area contributed by atoms with Crippen LogP contribution in [-0.4, -0.2) is 43.5 Å². The number of aromatic hydroxyl groups is 1. The van der Waals surface area contributed by atoms with Crippen LogP contribution in [0.5, 0.6) is 5.75 Å². The second-order valence-electron chi connectivity index (χ2n) is 8.50. The van der Waals surface area contributed by atoms with Crippen molar-refractivity contribution in [2.45, 2.75) is 24.9 Å². The highest BCUT2D eigenvalue weighted by Gasteiger charge is 2.59. The molecule has 0 fully saturated rings. The fraction of sp³-hybridized carbons (Fsp3) is 0.261. The van der Waals surface area contributed by atoms with Crippen LogP contribution < -0.4 is 5.73 Å². The van der Waals surface area contributed by atoms with Crippen LogP contribution in [0, 0.1) is 11.8 Å². The Morgan fingerprint density at radius 2 is 1.85 bits per heavy atom. The number of ketones is 2. The van der Waals surface area contributed by atoms with Gasteiger partial charge < -0.3 is 26.2 Å². The Morgan fingerprint density at radius 1 is 1.12 bits per heavy atom. The van der Waals surface area contributed by atoms with Crippen molar-refractivity contribution in [3.05, 3.63) is 62.4 Å². The maximum Gasteiger partial charge on any atom is 0.255 e. The summed E-state index contributed by atoms with van der Waals surface area (Å²) in [5.41, 5.74) is 2.93. The molecule has 0 bridgehead atoms. The van der Waals surface area contributed by atoms with Gasteiger partial charge in [0.2, 0.25) is 5.78 Å². The van der Waals surface area contributed by atoms with E-state index in [1.165, 1.54) is 17.4 Å². The van der Waals surface area contributed by atoms with Crippen molar-refractivity contribution >= 4 is 40.4 Å². The first-order valence-electron chi connectivity index (χ1n) is 10.1. The lowest BCUT2D eigenvalue weighted by Crippen LogP contribution is -2.57.